The molecule has 166 valence electrons. The van der Waals surface area contributed by atoms with Crippen LogP contribution < -0.4 is 16.0 Å². The first-order valence-electron chi connectivity index (χ1n) is 10.6. The van der Waals surface area contributed by atoms with Crippen molar-refractivity contribution in [3.8, 4) is 6.07 Å². The topological polar surface area (TPSA) is 123 Å². The minimum Gasteiger partial charge on any atom is -0.393 e. The van der Waals surface area contributed by atoms with Crippen molar-refractivity contribution in [2.24, 2.45) is 5.41 Å². The van der Waals surface area contributed by atoms with Gasteiger partial charge in [0.1, 0.15) is 17.5 Å². The molecule has 1 aromatic carbocycles. The quantitative estimate of drug-likeness (QED) is 0.536. The van der Waals surface area contributed by atoms with E-state index in [-0.39, 0.29) is 24.9 Å². The van der Waals surface area contributed by atoms with Gasteiger partial charge in [-0.3, -0.25) is 4.79 Å². The Kier molecular flexibility index (Phi) is 7.08. The van der Waals surface area contributed by atoms with Crippen LogP contribution in [-0.2, 0) is 11.2 Å². The molecule has 1 heterocycles. The lowest BCUT2D eigenvalue weighted by molar-refractivity contribution is -0.114. The Labute approximate surface area is 184 Å². The molecule has 31 heavy (non-hydrogen) atoms. The smallest absolute Gasteiger partial charge is 0.224 e. The lowest BCUT2D eigenvalue weighted by Crippen LogP contribution is -2.41. The monoisotopic (exact) mass is 424 g/mol. The number of rotatable bonds is 7. The predicted octanol–water partition coefficient (Wildman–Crippen LogP) is 3.56. The molecule has 4 N–H and O–H groups in total. The van der Waals surface area contributed by atoms with Crippen molar-refractivity contribution in [3.63, 3.8) is 0 Å². The Hall–Kier alpha value is -3.18. The minimum atomic E-state index is -0.309. The fourth-order valence-corrected chi connectivity index (χ4v) is 3.87. The molecule has 3 rings (SSSR count). The van der Waals surface area contributed by atoms with Gasteiger partial charge in [-0.2, -0.15) is 10.2 Å². The van der Waals surface area contributed by atoms with Crippen LogP contribution in [0, 0.1) is 16.7 Å². The molecule has 0 unspecified atom stereocenters. The van der Waals surface area contributed by atoms with Gasteiger partial charge in [0.15, 0.2) is 0 Å². The molecule has 1 aliphatic carbocycles. The maximum absolute atomic E-state index is 11.1. The number of aliphatic hydroxyl groups excluding tert-OH is 1. The zero-order chi connectivity index (χ0) is 22.4. The van der Waals surface area contributed by atoms with Crippen molar-refractivity contribution in [3.05, 3.63) is 41.6 Å². The number of hydrogen-bond donors (Lipinski definition) is 4. The summed E-state index contributed by atoms with van der Waals surface area (Å²) in [5.74, 6) is 0.896. The van der Waals surface area contributed by atoms with Crippen molar-refractivity contribution in [1.29, 1.82) is 5.26 Å². The van der Waals surface area contributed by atoms with Gasteiger partial charge in [-0.05, 0) is 48.8 Å². The van der Waals surface area contributed by atoms with Crippen molar-refractivity contribution in [2.75, 3.05) is 22.5 Å². The molecule has 0 saturated heterocycles. The van der Waals surface area contributed by atoms with Crippen LogP contribution in [0.3, 0.4) is 0 Å². The standard InChI is InChI=1S/C23H30N6O2.H2/c1-15(30)27-18-6-4-16(5-7-18)10-11-25-22-26-14-17(13-24)21(29-22)28-19-8-9-20(31)23(2,3)12-19;/h4-7,14,19-20,31H,8-12H2,1-3H3,(H,27,30)(H2,25,26,28,29);1H/t19-,20+;/m1./s1. The molecule has 1 amide bonds. The molecule has 2 aromatic rings. The Morgan fingerprint density at radius 3 is 2.71 bits per heavy atom. The number of nitrogens with one attached hydrogen (secondary N) is 3. The predicted molar refractivity (Wildman–Crippen MR) is 123 cm³/mol. The fraction of sp³-hybridized carbons (Fsp3) is 0.478. The van der Waals surface area contributed by atoms with Crippen LogP contribution in [0.1, 0.15) is 52.6 Å². The second-order valence-corrected chi connectivity index (χ2v) is 8.75. The van der Waals surface area contributed by atoms with E-state index in [1.54, 1.807) is 0 Å². The lowest BCUT2D eigenvalue weighted by Gasteiger charge is -2.40. The van der Waals surface area contributed by atoms with Gasteiger partial charge < -0.3 is 21.1 Å². The summed E-state index contributed by atoms with van der Waals surface area (Å²) in [6.07, 6.45) is 4.35. The zero-order valence-corrected chi connectivity index (χ0v) is 18.3. The Balaban J connectivity index is 0.00000363. The summed E-state index contributed by atoms with van der Waals surface area (Å²) in [6.45, 7) is 6.24. The second kappa shape index (κ2) is 9.75. The molecule has 0 spiro atoms. The number of aliphatic hydroxyl groups is 1. The fourth-order valence-electron chi connectivity index (χ4n) is 3.87. The third-order valence-electron chi connectivity index (χ3n) is 5.68. The number of amides is 1. The van der Waals surface area contributed by atoms with Crippen LogP contribution in [0.25, 0.3) is 0 Å². The first-order chi connectivity index (χ1) is 14.8. The normalized spacial score (nSPS) is 19.8. The summed E-state index contributed by atoms with van der Waals surface area (Å²) < 4.78 is 0. The van der Waals surface area contributed by atoms with Gasteiger partial charge in [-0.1, -0.05) is 26.0 Å². The molecular formula is C23H32N6O2. The summed E-state index contributed by atoms with van der Waals surface area (Å²) in [5.41, 5.74) is 2.13. The van der Waals surface area contributed by atoms with Gasteiger partial charge >= 0.3 is 0 Å². The molecule has 1 aliphatic rings. The summed E-state index contributed by atoms with van der Waals surface area (Å²) in [6, 6.07) is 9.99. The number of hydrogen-bond acceptors (Lipinski definition) is 7. The molecule has 8 heteroatoms. The van der Waals surface area contributed by atoms with Gasteiger partial charge in [0, 0.05) is 26.6 Å². The molecule has 1 fully saturated rings. The number of aromatic nitrogens is 2. The zero-order valence-electron chi connectivity index (χ0n) is 18.3. The molecule has 8 nitrogen and oxygen atoms in total. The molecular weight excluding hydrogens is 392 g/mol. The van der Waals surface area contributed by atoms with Crippen molar-refractivity contribution in [1.82, 2.24) is 9.97 Å². The SMILES string of the molecule is CC(=O)Nc1ccc(CCNc2ncc(C#N)c(N[C@@H]3CC[C@H](O)C(C)(C)C3)n2)cc1.[HH]. The molecule has 0 bridgehead atoms. The third kappa shape index (κ3) is 6.15. The maximum Gasteiger partial charge on any atom is 0.224 e. The van der Waals surface area contributed by atoms with Crippen molar-refractivity contribution in [2.45, 2.75) is 58.6 Å². The van der Waals surface area contributed by atoms with Crippen molar-refractivity contribution < 1.29 is 11.3 Å². The lowest BCUT2D eigenvalue weighted by atomic mass is 9.73. The average molecular weight is 425 g/mol. The van der Waals surface area contributed by atoms with Crippen LogP contribution in [0.15, 0.2) is 30.5 Å². The van der Waals surface area contributed by atoms with Crippen LogP contribution >= 0.6 is 0 Å². The highest BCUT2D eigenvalue weighted by Gasteiger charge is 2.35. The first kappa shape index (κ1) is 22.5. The summed E-state index contributed by atoms with van der Waals surface area (Å²) in [4.78, 5) is 19.9. The minimum absolute atomic E-state index is 0. The van der Waals surface area contributed by atoms with Gasteiger partial charge in [0.2, 0.25) is 11.9 Å². The van der Waals surface area contributed by atoms with Gasteiger partial charge in [0.25, 0.3) is 0 Å². The summed E-state index contributed by atoms with van der Waals surface area (Å²) >= 11 is 0. The number of nitriles is 1. The number of carbonyl (C=O) groups is 1. The van der Waals surface area contributed by atoms with E-state index >= 15 is 0 Å². The van der Waals surface area contributed by atoms with Gasteiger partial charge in [0.05, 0.1) is 12.3 Å². The Morgan fingerprint density at radius 1 is 1.32 bits per heavy atom. The number of nitrogens with zero attached hydrogens (tertiary/aromatic N) is 3. The maximum atomic E-state index is 11.1. The summed E-state index contributed by atoms with van der Waals surface area (Å²) in [5, 5.41) is 29.0. The molecule has 0 aliphatic heterocycles. The molecule has 1 saturated carbocycles. The number of carbonyl (C=O) groups excluding carboxylic acids is 1. The Bertz CT molecular complexity index is 958. The van der Waals surface area contributed by atoms with Crippen LogP contribution in [0.5, 0.6) is 0 Å². The number of benzene rings is 1. The van der Waals surface area contributed by atoms with Crippen LogP contribution in [-0.4, -0.2) is 39.7 Å². The van der Waals surface area contributed by atoms with Crippen LogP contribution in [0.4, 0.5) is 17.5 Å². The van der Waals surface area contributed by atoms with Gasteiger partial charge in [-0.25, -0.2) is 4.98 Å². The average Bonchev–Trinajstić information content (AvgIpc) is 2.72. The Morgan fingerprint density at radius 2 is 2.06 bits per heavy atom. The van der Waals surface area contributed by atoms with Gasteiger partial charge in [-0.15, -0.1) is 0 Å². The number of anilines is 3. The van der Waals surface area contributed by atoms with E-state index < -0.39 is 0 Å². The van der Waals surface area contributed by atoms with E-state index in [0.29, 0.717) is 23.9 Å². The van der Waals surface area contributed by atoms with E-state index in [9.17, 15) is 15.2 Å². The molecule has 2 atom stereocenters. The van der Waals surface area contributed by atoms with E-state index in [4.69, 9.17) is 0 Å². The third-order valence-corrected chi connectivity index (χ3v) is 5.68. The second-order valence-electron chi connectivity index (χ2n) is 8.75. The van der Waals surface area contributed by atoms with E-state index in [0.717, 1.165) is 36.9 Å². The molecule has 0 radical (unpaired) electrons. The highest BCUT2D eigenvalue weighted by atomic mass is 16.3. The van der Waals surface area contributed by atoms with Crippen molar-refractivity contribution >= 4 is 23.4 Å². The molecule has 1 aromatic heterocycles. The van der Waals surface area contributed by atoms with E-state index in [1.807, 2.05) is 24.3 Å². The first-order valence-corrected chi connectivity index (χ1v) is 10.6. The summed E-state index contributed by atoms with van der Waals surface area (Å²) in [7, 11) is 0. The highest BCUT2D eigenvalue weighted by molar-refractivity contribution is 5.88. The van der Waals surface area contributed by atoms with Crippen LogP contribution in [0.2, 0.25) is 0 Å². The van der Waals surface area contributed by atoms with E-state index in [1.165, 1.54) is 13.1 Å². The highest BCUT2D eigenvalue weighted by Crippen LogP contribution is 2.36. The van der Waals surface area contributed by atoms with E-state index in [2.05, 4.69) is 45.8 Å². The largest absolute Gasteiger partial charge is 0.393 e.